The van der Waals surface area contributed by atoms with E-state index in [-0.39, 0.29) is 6.04 Å². The number of rotatable bonds is 6. The fourth-order valence-electron chi connectivity index (χ4n) is 3.11. The fourth-order valence-corrected chi connectivity index (χ4v) is 3.11. The second-order valence-corrected chi connectivity index (χ2v) is 5.88. The first kappa shape index (κ1) is 13.8. The highest BCUT2D eigenvalue weighted by atomic mass is 16.2. The lowest BCUT2D eigenvalue weighted by Crippen LogP contribution is -2.37. The molecule has 18 heavy (non-hydrogen) atoms. The third-order valence-corrected chi connectivity index (χ3v) is 4.02. The number of hydrogen-bond donors (Lipinski definition) is 1. The summed E-state index contributed by atoms with van der Waals surface area (Å²) in [5.74, 6) is 0.888. The second kappa shape index (κ2) is 6.53. The zero-order valence-electron chi connectivity index (χ0n) is 11.8. The van der Waals surface area contributed by atoms with Crippen LogP contribution in [-0.4, -0.2) is 54.6 Å². The summed E-state index contributed by atoms with van der Waals surface area (Å²) in [6.07, 6.45) is 4.72. The van der Waals surface area contributed by atoms with Crippen LogP contribution >= 0.6 is 0 Å². The molecule has 4 nitrogen and oxygen atoms in total. The first-order valence-electron chi connectivity index (χ1n) is 7.45. The number of nitrogens with one attached hydrogen (secondary N) is 1. The van der Waals surface area contributed by atoms with E-state index < -0.39 is 0 Å². The van der Waals surface area contributed by atoms with Gasteiger partial charge in [-0.25, -0.2) is 0 Å². The second-order valence-electron chi connectivity index (χ2n) is 5.88. The van der Waals surface area contributed by atoms with Crippen molar-refractivity contribution in [2.75, 3.05) is 32.8 Å². The Morgan fingerprint density at radius 3 is 2.72 bits per heavy atom. The Balaban J connectivity index is 1.73. The summed E-state index contributed by atoms with van der Waals surface area (Å²) >= 11 is 0. The lowest BCUT2D eigenvalue weighted by molar-refractivity contribution is -0.129. The molecule has 0 bridgehead atoms. The smallest absolute Gasteiger partial charge is 0.240 e. The lowest BCUT2D eigenvalue weighted by atomic mass is 10.1. The minimum Gasteiger partial charge on any atom is -0.328 e. The van der Waals surface area contributed by atoms with Gasteiger partial charge in [-0.2, -0.15) is 0 Å². The van der Waals surface area contributed by atoms with Gasteiger partial charge in [0.25, 0.3) is 0 Å². The maximum Gasteiger partial charge on any atom is 0.240 e. The van der Waals surface area contributed by atoms with Crippen molar-refractivity contribution < 1.29 is 4.79 Å². The number of carbonyl (C=O) groups is 1. The number of nitrogens with zero attached hydrogens (tertiary/aromatic N) is 2. The molecule has 2 fully saturated rings. The zero-order chi connectivity index (χ0) is 13.0. The molecule has 2 heterocycles. The van der Waals surface area contributed by atoms with Crippen molar-refractivity contribution in [3.05, 3.63) is 0 Å². The Labute approximate surface area is 111 Å². The van der Waals surface area contributed by atoms with E-state index in [1.165, 1.54) is 25.9 Å². The Morgan fingerprint density at radius 1 is 1.33 bits per heavy atom. The van der Waals surface area contributed by atoms with Crippen LogP contribution in [0.15, 0.2) is 0 Å². The third-order valence-electron chi connectivity index (χ3n) is 4.02. The molecule has 1 N–H and O–H groups in total. The predicted molar refractivity (Wildman–Crippen MR) is 73.2 cm³/mol. The van der Waals surface area contributed by atoms with Crippen LogP contribution in [0.5, 0.6) is 0 Å². The van der Waals surface area contributed by atoms with E-state index in [0.717, 1.165) is 32.6 Å². The van der Waals surface area contributed by atoms with Gasteiger partial charge in [0.05, 0.1) is 12.7 Å². The molecule has 2 saturated heterocycles. The maximum atomic E-state index is 12.1. The van der Waals surface area contributed by atoms with E-state index >= 15 is 0 Å². The van der Waals surface area contributed by atoms with E-state index in [4.69, 9.17) is 0 Å². The topological polar surface area (TPSA) is 35.6 Å². The molecular formula is C14H27N3O. The lowest BCUT2D eigenvalue weighted by Gasteiger charge is -2.24. The van der Waals surface area contributed by atoms with Gasteiger partial charge in [-0.3, -0.25) is 10.1 Å². The first-order chi connectivity index (χ1) is 8.70. The molecule has 2 unspecified atom stereocenters. The van der Waals surface area contributed by atoms with Crippen LogP contribution in [0, 0.1) is 5.92 Å². The SMILES string of the molecule is CCCC1NCN(CC(C)CN2CCCC2)C1=O. The third kappa shape index (κ3) is 3.45. The molecule has 1 amide bonds. The van der Waals surface area contributed by atoms with Gasteiger partial charge >= 0.3 is 0 Å². The maximum absolute atomic E-state index is 12.1. The Hall–Kier alpha value is -0.610. The van der Waals surface area contributed by atoms with Gasteiger partial charge in [-0.05, 0) is 38.3 Å². The Morgan fingerprint density at radius 2 is 2.06 bits per heavy atom. The van der Waals surface area contributed by atoms with Crippen molar-refractivity contribution in [3.8, 4) is 0 Å². The minimum absolute atomic E-state index is 0.0778. The minimum atomic E-state index is 0.0778. The molecule has 0 radical (unpaired) electrons. The first-order valence-corrected chi connectivity index (χ1v) is 7.45. The monoisotopic (exact) mass is 253 g/mol. The van der Waals surface area contributed by atoms with E-state index in [1.54, 1.807) is 0 Å². The van der Waals surface area contributed by atoms with Gasteiger partial charge in [0, 0.05) is 13.1 Å². The van der Waals surface area contributed by atoms with Crippen LogP contribution in [0.3, 0.4) is 0 Å². The quantitative estimate of drug-likeness (QED) is 0.774. The number of amides is 1. The molecule has 0 aromatic carbocycles. The van der Waals surface area contributed by atoms with Crippen molar-refractivity contribution in [1.29, 1.82) is 0 Å². The highest BCUT2D eigenvalue weighted by Gasteiger charge is 2.31. The van der Waals surface area contributed by atoms with Crippen molar-refractivity contribution >= 4 is 5.91 Å². The summed E-state index contributed by atoms with van der Waals surface area (Å²) in [5, 5.41) is 3.32. The van der Waals surface area contributed by atoms with Gasteiger partial charge in [-0.15, -0.1) is 0 Å². The van der Waals surface area contributed by atoms with Crippen LogP contribution in [0.2, 0.25) is 0 Å². The summed E-state index contributed by atoms with van der Waals surface area (Å²) in [7, 11) is 0. The van der Waals surface area contributed by atoms with Gasteiger partial charge in [0.1, 0.15) is 0 Å². The van der Waals surface area contributed by atoms with Crippen molar-refractivity contribution in [2.45, 2.75) is 45.6 Å². The molecule has 2 atom stereocenters. The predicted octanol–water partition coefficient (Wildman–Crippen LogP) is 1.28. The van der Waals surface area contributed by atoms with Gasteiger partial charge in [-0.1, -0.05) is 20.3 Å². The normalized spacial score (nSPS) is 27.1. The highest BCUT2D eigenvalue weighted by Crippen LogP contribution is 2.14. The van der Waals surface area contributed by atoms with Gasteiger partial charge < -0.3 is 9.80 Å². The molecule has 2 rings (SSSR count). The molecule has 104 valence electrons. The molecule has 2 aliphatic heterocycles. The van der Waals surface area contributed by atoms with E-state index in [1.807, 2.05) is 4.90 Å². The summed E-state index contributed by atoms with van der Waals surface area (Å²) in [4.78, 5) is 16.6. The average molecular weight is 253 g/mol. The van der Waals surface area contributed by atoms with Crippen LogP contribution in [0.25, 0.3) is 0 Å². The van der Waals surface area contributed by atoms with Crippen molar-refractivity contribution in [3.63, 3.8) is 0 Å². The number of hydrogen-bond acceptors (Lipinski definition) is 3. The zero-order valence-corrected chi connectivity index (χ0v) is 11.8. The number of likely N-dealkylation sites (tertiary alicyclic amines) is 1. The van der Waals surface area contributed by atoms with Crippen LogP contribution < -0.4 is 5.32 Å². The largest absolute Gasteiger partial charge is 0.328 e. The molecule has 0 spiro atoms. The van der Waals surface area contributed by atoms with Crippen LogP contribution in [0.1, 0.15) is 39.5 Å². The van der Waals surface area contributed by atoms with Crippen molar-refractivity contribution in [1.82, 2.24) is 15.1 Å². The van der Waals surface area contributed by atoms with Gasteiger partial charge in [0.2, 0.25) is 5.91 Å². The summed E-state index contributed by atoms with van der Waals surface area (Å²) in [6.45, 7) is 9.68. The fraction of sp³-hybridized carbons (Fsp3) is 0.929. The molecule has 0 aromatic rings. The molecular weight excluding hydrogens is 226 g/mol. The van der Waals surface area contributed by atoms with Crippen LogP contribution in [-0.2, 0) is 4.79 Å². The van der Waals surface area contributed by atoms with E-state index in [0.29, 0.717) is 11.8 Å². The summed E-state index contributed by atoms with van der Waals surface area (Å²) < 4.78 is 0. The van der Waals surface area contributed by atoms with Crippen LogP contribution in [0.4, 0.5) is 0 Å². The van der Waals surface area contributed by atoms with E-state index in [2.05, 4.69) is 24.1 Å². The molecule has 2 aliphatic rings. The Bertz CT molecular complexity index is 276. The molecule has 0 saturated carbocycles. The standard InChI is InChI=1S/C14H27N3O/c1-3-6-13-14(18)17(11-15-13)10-12(2)9-16-7-4-5-8-16/h12-13,15H,3-11H2,1-2H3. The van der Waals surface area contributed by atoms with Crippen molar-refractivity contribution in [2.24, 2.45) is 5.92 Å². The highest BCUT2D eigenvalue weighted by molar-refractivity contribution is 5.83. The van der Waals surface area contributed by atoms with Gasteiger partial charge in [0.15, 0.2) is 0 Å². The molecule has 0 aliphatic carbocycles. The number of carbonyl (C=O) groups excluding carboxylic acids is 1. The molecule has 0 aromatic heterocycles. The van der Waals surface area contributed by atoms with E-state index in [9.17, 15) is 4.79 Å². The summed E-state index contributed by atoms with van der Waals surface area (Å²) in [6, 6.07) is 0.0778. The average Bonchev–Trinajstić information content (AvgIpc) is 2.94. The Kier molecular flexibility index (Phi) is 5.01. The summed E-state index contributed by atoms with van der Waals surface area (Å²) in [5.41, 5.74) is 0. The molecule has 4 heteroatoms.